The van der Waals surface area contributed by atoms with E-state index < -0.39 is 23.8 Å². The van der Waals surface area contributed by atoms with Gasteiger partial charge >= 0.3 is 6.09 Å². The minimum absolute atomic E-state index is 0.0771. The van der Waals surface area contributed by atoms with Gasteiger partial charge in [0.15, 0.2) is 0 Å². The first-order valence-corrected chi connectivity index (χ1v) is 12.7. The lowest BCUT2D eigenvalue weighted by Crippen LogP contribution is -2.54. The van der Waals surface area contributed by atoms with Crippen LogP contribution in [-0.2, 0) is 14.3 Å². The van der Waals surface area contributed by atoms with Gasteiger partial charge in [-0.05, 0) is 60.5 Å². The van der Waals surface area contributed by atoms with E-state index in [4.69, 9.17) is 4.74 Å². The summed E-state index contributed by atoms with van der Waals surface area (Å²) in [6.45, 7) is 15.5. The van der Waals surface area contributed by atoms with Crippen LogP contribution < -0.4 is 10.6 Å². The van der Waals surface area contributed by atoms with E-state index in [1.807, 2.05) is 45.9 Å². The number of benzene rings is 1. The highest BCUT2D eigenvalue weighted by Gasteiger charge is 2.36. The van der Waals surface area contributed by atoms with Crippen LogP contribution in [0.25, 0.3) is 0 Å². The number of carbonyl (C=O) groups is 3. The second-order valence-electron chi connectivity index (χ2n) is 10.1. The number of thiol groups is 1. The standard InChI is InChI=1S/C26H43N3O4S/c1-9-10-11-12-29(24(31)21(16-34)28-25(32)33-26(6,7)8)22(23(30)27-17(2)3)20-14-18(4)13-19(5)15-20/h13-15,17,21-22,34H,9-12,16H2,1-8H3,(H,27,30)(H,28,32). The van der Waals surface area contributed by atoms with Crippen molar-refractivity contribution in [3.8, 4) is 0 Å². The van der Waals surface area contributed by atoms with E-state index in [-0.39, 0.29) is 23.6 Å². The summed E-state index contributed by atoms with van der Waals surface area (Å²) in [4.78, 5) is 41.2. The minimum atomic E-state index is -0.930. The molecule has 3 amide bonds. The second-order valence-corrected chi connectivity index (χ2v) is 10.5. The Morgan fingerprint density at radius 2 is 1.62 bits per heavy atom. The molecular weight excluding hydrogens is 450 g/mol. The average Bonchev–Trinajstić information content (AvgIpc) is 2.68. The van der Waals surface area contributed by atoms with Gasteiger partial charge in [0.05, 0.1) is 0 Å². The van der Waals surface area contributed by atoms with Crippen LogP contribution in [0.3, 0.4) is 0 Å². The van der Waals surface area contributed by atoms with Crippen LogP contribution >= 0.6 is 12.6 Å². The van der Waals surface area contributed by atoms with Gasteiger partial charge in [0.1, 0.15) is 17.7 Å². The SMILES string of the molecule is CCCCCN(C(=O)C(CS)NC(=O)OC(C)(C)C)C(C(=O)NC(C)C)c1cc(C)cc(C)c1. The molecule has 0 aromatic heterocycles. The predicted octanol–water partition coefficient (Wildman–Crippen LogP) is 4.71. The van der Waals surface area contributed by atoms with Crippen LogP contribution in [0.4, 0.5) is 4.79 Å². The molecule has 0 radical (unpaired) electrons. The van der Waals surface area contributed by atoms with E-state index in [0.717, 1.165) is 36.0 Å². The first-order valence-electron chi connectivity index (χ1n) is 12.1. The molecule has 1 aromatic carbocycles. The van der Waals surface area contributed by atoms with Crippen LogP contribution in [0.15, 0.2) is 18.2 Å². The summed E-state index contributed by atoms with van der Waals surface area (Å²) < 4.78 is 5.34. The Balaban J connectivity index is 3.43. The molecule has 2 unspecified atom stereocenters. The lowest BCUT2D eigenvalue weighted by atomic mass is 9.98. The second kappa shape index (κ2) is 13.6. The van der Waals surface area contributed by atoms with Gasteiger partial charge in [0.2, 0.25) is 11.8 Å². The molecule has 1 rings (SSSR count). The molecule has 8 heteroatoms. The fourth-order valence-corrected chi connectivity index (χ4v) is 3.99. The molecule has 2 atom stereocenters. The maximum Gasteiger partial charge on any atom is 0.408 e. The number of alkyl carbamates (subject to hydrolysis) is 1. The number of hydrogen-bond acceptors (Lipinski definition) is 5. The molecule has 192 valence electrons. The summed E-state index contributed by atoms with van der Waals surface area (Å²) in [5, 5.41) is 5.61. The third-order valence-corrected chi connectivity index (χ3v) is 5.37. The number of carbonyl (C=O) groups excluding carboxylic acids is 3. The molecule has 0 spiro atoms. The number of nitrogens with one attached hydrogen (secondary N) is 2. The third-order valence-electron chi connectivity index (χ3n) is 5.01. The van der Waals surface area contributed by atoms with Gasteiger partial charge in [-0.15, -0.1) is 0 Å². The van der Waals surface area contributed by atoms with Crippen molar-refractivity contribution in [2.45, 2.75) is 98.4 Å². The molecule has 0 heterocycles. The van der Waals surface area contributed by atoms with Crippen LogP contribution in [0, 0.1) is 13.8 Å². The van der Waals surface area contributed by atoms with Crippen molar-refractivity contribution in [3.05, 3.63) is 34.9 Å². The smallest absolute Gasteiger partial charge is 0.408 e. The number of aryl methyl sites for hydroxylation is 2. The highest BCUT2D eigenvalue weighted by molar-refractivity contribution is 7.80. The number of hydrogen-bond donors (Lipinski definition) is 3. The Morgan fingerprint density at radius 3 is 2.09 bits per heavy atom. The van der Waals surface area contributed by atoms with Crippen LogP contribution in [0.1, 0.15) is 83.5 Å². The number of ether oxygens (including phenoxy) is 1. The Hall–Kier alpha value is -2.22. The molecule has 1 aromatic rings. The Morgan fingerprint density at radius 1 is 1.03 bits per heavy atom. The summed E-state index contributed by atoms with van der Waals surface area (Å²) in [6.07, 6.45) is 1.94. The zero-order chi connectivity index (χ0) is 26.1. The largest absolute Gasteiger partial charge is 0.444 e. The lowest BCUT2D eigenvalue weighted by Gasteiger charge is -2.35. The van der Waals surface area contributed by atoms with Crippen molar-refractivity contribution < 1.29 is 19.1 Å². The quantitative estimate of drug-likeness (QED) is 0.308. The van der Waals surface area contributed by atoms with Crippen LogP contribution in [0.2, 0.25) is 0 Å². The number of rotatable bonds is 11. The number of amides is 3. The van der Waals surface area contributed by atoms with Gasteiger partial charge in [0.25, 0.3) is 0 Å². The van der Waals surface area contributed by atoms with Crippen molar-refractivity contribution in [2.24, 2.45) is 0 Å². The summed E-state index contributed by atoms with van der Waals surface area (Å²) in [5.41, 5.74) is 2.07. The van der Waals surface area contributed by atoms with E-state index >= 15 is 0 Å². The fraction of sp³-hybridized carbons (Fsp3) is 0.654. The normalized spacial score (nSPS) is 13.2. The van der Waals surface area contributed by atoms with Crippen molar-refractivity contribution in [1.82, 2.24) is 15.5 Å². The first kappa shape index (κ1) is 29.8. The summed E-state index contributed by atoms with van der Waals surface area (Å²) >= 11 is 4.32. The Bertz CT molecular complexity index is 816. The van der Waals surface area contributed by atoms with Crippen molar-refractivity contribution >= 4 is 30.5 Å². The van der Waals surface area contributed by atoms with Gasteiger partial charge in [-0.3, -0.25) is 9.59 Å². The van der Waals surface area contributed by atoms with Crippen LogP contribution in [-0.4, -0.2) is 52.8 Å². The molecule has 0 aliphatic rings. The van der Waals surface area contributed by atoms with E-state index in [0.29, 0.717) is 6.54 Å². The van der Waals surface area contributed by atoms with Gasteiger partial charge in [-0.25, -0.2) is 4.79 Å². The van der Waals surface area contributed by atoms with Gasteiger partial charge in [-0.2, -0.15) is 12.6 Å². The molecule has 2 N–H and O–H groups in total. The molecule has 0 saturated heterocycles. The maximum atomic E-state index is 13.8. The van der Waals surface area contributed by atoms with Crippen molar-refractivity contribution in [1.29, 1.82) is 0 Å². The van der Waals surface area contributed by atoms with E-state index in [2.05, 4.69) is 30.2 Å². The van der Waals surface area contributed by atoms with Gasteiger partial charge in [-0.1, -0.05) is 49.1 Å². The van der Waals surface area contributed by atoms with Gasteiger partial charge in [0, 0.05) is 18.3 Å². The molecular formula is C26H43N3O4S. The van der Waals surface area contributed by atoms with E-state index in [1.54, 1.807) is 25.7 Å². The van der Waals surface area contributed by atoms with Crippen molar-refractivity contribution in [3.63, 3.8) is 0 Å². The fourth-order valence-electron chi connectivity index (χ4n) is 3.74. The Labute approximate surface area is 210 Å². The summed E-state index contributed by atoms with van der Waals surface area (Å²) in [7, 11) is 0. The lowest BCUT2D eigenvalue weighted by molar-refractivity contribution is -0.142. The molecule has 7 nitrogen and oxygen atoms in total. The summed E-state index contributed by atoms with van der Waals surface area (Å²) in [6, 6.07) is 4.07. The Kier molecular flexibility index (Phi) is 11.9. The molecule has 0 aliphatic carbocycles. The monoisotopic (exact) mass is 493 g/mol. The highest BCUT2D eigenvalue weighted by atomic mass is 32.1. The van der Waals surface area contributed by atoms with Gasteiger partial charge < -0.3 is 20.3 Å². The molecule has 0 saturated carbocycles. The molecule has 34 heavy (non-hydrogen) atoms. The first-order chi connectivity index (χ1) is 15.8. The number of nitrogens with zero attached hydrogens (tertiary/aromatic N) is 1. The highest BCUT2D eigenvalue weighted by Crippen LogP contribution is 2.26. The van der Waals surface area contributed by atoms with E-state index in [1.165, 1.54) is 0 Å². The maximum absolute atomic E-state index is 13.8. The van der Waals surface area contributed by atoms with E-state index in [9.17, 15) is 14.4 Å². The average molecular weight is 494 g/mol. The molecule has 0 fully saturated rings. The topological polar surface area (TPSA) is 87.7 Å². The van der Waals surface area contributed by atoms with Crippen LogP contribution in [0.5, 0.6) is 0 Å². The zero-order valence-corrected chi connectivity index (χ0v) is 22.9. The molecule has 0 aliphatic heterocycles. The van der Waals surface area contributed by atoms with Crippen molar-refractivity contribution in [2.75, 3.05) is 12.3 Å². The number of unbranched alkanes of at least 4 members (excludes halogenated alkanes) is 2. The third kappa shape index (κ3) is 9.95. The zero-order valence-electron chi connectivity index (χ0n) is 22.0. The summed E-state index contributed by atoms with van der Waals surface area (Å²) in [5.74, 6) is -0.534. The minimum Gasteiger partial charge on any atom is -0.444 e. The predicted molar refractivity (Wildman–Crippen MR) is 140 cm³/mol. The molecule has 0 bridgehead atoms.